The lowest BCUT2D eigenvalue weighted by molar-refractivity contribution is 0.0908. The monoisotopic (exact) mass is 283 g/mol. The van der Waals surface area contributed by atoms with Crippen LogP contribution in [-0.4, -0.2) is 28.0 Å². The molecule has 0 aliphatic heterocycles. The van der Waals surface area contributed by atoms with Crippen LogP contribution in [0.25, 0.3) is 0 Å². The van der Waals surface area contributed by atoms with Crippen molar-refractivity contribution in [2.45, 2.75) is 31.7 Å². The molecular formula is C14H18ClNO3. The van der Waals surface area contributed by atoms with E-state index < -0.39 is 0 Å². The van der Waals surface area contributed by atoms with Gasteiger partial charge in [-0.3, -0.25) is 4.79 Å². The third-order valence-electron chi connectivity index (χ3n) is 3.65. The van der Waals surface area contributed by atoms with Gasteiger partial charge in [-0.25, -0.2) is 0 Å². The van der Waals surface area contributed by atoms with E-state index in [1.165, 1.54) is 12.1 Å². The average Bonchev–Trinajstić information content (AvgIpc) is 2.39. The van der Waals surface area contributed by atoms with Crippen molar-refractivity contribution in [1.29, 1.82) is 0 Å². The lowest BCUT2D eigenvalue weighted by atomic mass is 9.85. The predicted molar refractivity (Wildman–Crippen MR) is 73.7 cm³/mol. The van der Waals surface area contributed by atoms with E-state index in [1.807, 2.05) is 0 Å². The van der Waals surface area contributed by atoms with Crippen molar-refractivity contribution in [3.8, 4) is 11.5 Å². The van der Waals surface area contributed by atoms with Crippen LogP contribution in [0.3, 0.4) is 0 Å². The Bertz CT molecular complexity index is 464. The quantitative estimate of drug-likeness (QED) is 0.747. The van der Waals surface area contributed by atoms with E-state index >= 15 is 0 Å². The molecule has 2 rings (SSSR count). The van der Waals surface area contributed by atoms with E-state index in [0.29, 0.717) is 11.8 Å². The number of carbonyl (C=O) groups is 1. The smallest absolute Gasteiger partial charge is 0.255 e. The molecule has 0 saturated heterocycles. The van der Waals surface area contributed by atoms with Crippen LogP contribution in [0.2, 0.25) is 0 Å². The van der Waals surface area contributed by atoms with Crippen molar-refractivity contribution >= 4 is 17.5 Å². The molecule has 5 heteroatoms. The van der Waals surface area contributed by atoms with Gasteiger partial charge in [-0.15, -0.1) is 11.6 Å². The molecule has 1 aliphatic carbocycles. The zero-order valence-corrected chi connectivity index (χ0v) is 11.4. The molecule has 0 radical (unpaired) electrons. The highest BCUT2D eigenvalue weighted by atomic mass is 35.5. The second-order valence-electron chi connectivity index (χ2n) is 4.98. The molecule has 1 aliphatic rings. The van der Waals surface area contributed by atoms with Crippen molar-refractivity contribution in [2.24, 2.45) is 5.92 Å². The highest BCUT2D eigenvalue weighted by molar-refractivity contribution is 6.18. The molecule has 3 N–H and O–H groups in total. The average molecular weight is 284 g/mol. The lowest BCUT2D eigenvalue weighted by Crippen LogP contribution is -2.42. The van der Waals surface area contributed by atoms with Gasteiger partial charge in [0.15, 0.2) is 0 Å². The largest absolute Gasteiger partial charge is 0.508 e. The maximum Gasteiger partial charge on any atom is 0.255 e. The molecule has 1 aromatic rings. The minimum Gasteiger partial charge on any atom is -0.508 e. The molecule has 0 aromatic heterocycles. The summed E-state index contributed by atoms with van der Waals surface area (Å²) >= 11 is 5.92. The van der Waals surface area contributed by atoms with Gasteiger partial charge in [0.2, 0.25) is 0 Å². The highest BCUT2D eigenvalue weighted by Gasteiger charge is 2.26. The van der Waals surface area contributed by atoms with Crippen molar-refractivity contribution in [3.05, 3.63) is 23.8 Å². The van der Waals surface area contributed by atoms with E-state index in [2.05, 4.69) is 5.32 Å². The zero-order chi connectivity index (χ0) is 13.8. The van der Waals surface area contributed by atoms with Gasteiger partial charge >= 0.3 is 0 Å². The summed E-state index contributed by atoms with van der Waals surface area (Å²) in [6.45, 7) is 0. The van der Waals surface area contributed by atoms with Gasteiger partial charge in [-0.05, 0) is 30.9 Å². The molecule has 104 valence electrons. The normalized spacial score (nSPS) is 23.0. The summed E-state index contributed by atoms with van der Waals surface area (Å²) in [6, 6.07) is 4.02. The summed E-state index contributed by atoms with van der Waals surface area (Å²) < 4.78 is 0. The zero-order valence-electron chi connectivity index (χ0n) is 10.6. The molecule has 0 spiro atoms. The van der Waals surface area contributed by atoms with E-state index in [-0.39, 0.29) is 29.0 Å². The Hall–Kier alpha value is -1.42. The Kier molecular flexibility index (Phi) is 4.53. The number of phenols is 2. The topological polar surface area (TPSA) is 69.6 Å². The first kappa shape index (κ1) is 14.0. The summed E-state index contributed by atoms with van der Waals surface area (Å²) in [5.74, 6) is 0.228. The summed E-state index contributed by atoms with van der Waals surface area (Å²) in [5, 5.41) is 21.8. The number of alkyl halides is 1. The van der Waals surface area contributed by atoms with E-state index in [9.17, 15) is 15.0 Å². The third kappa shape index (κ3) is 3.32. The van der Waals surface area contributed by atoms with Crippen LogP contribution in [0.1, 0.15) is 36.0 Å². The minimum atomic E-state index is -0.320. The second kappa shape index (κ2) is 6.15. The van der Waals surface area contributed by atoms with Crippen LogP contribution in [0.15, 0.2) is 18.2 Å². The first-order valence-corrected chi connectivity index (χ1v) is 7.04. The molecule has 1 fully saturated rings. The van der Waals surface area contributed by atoms with E-state index in [1.54, 1.807) is 0 Å². The van der Waals surface area contributed by atoms with Gasteiger partial charge in [-0.1, -0.05) is 12.8 Å². The van der Waals surface area contributed by atoms with Gasteiger partial charge in [0.25, 0.3) is 5.91 Å². The Morgan fingerprint density at radius 3 is 2.74 bits per heavy atom. The Morgan fingerprint density at radius 2 is 2.05 bits per heavy atom. The Morgan fingerprint density at radius 1 is 1.32 bits per heavy atom. The van der Waals surface area contributed by atoms with Crippen LogP contribution in [-0.2, 0) is 0 Å². The van der Waals surface area contributed by atoms with Crippen LogP contribution in [0.5, 0.6) is 11.5 Å². The molecule has 19 heavy (non-hydrogen) atoms. The maximum absolute atomic E-state index is 12.1. The van der Waals surface area contributed by atoms with Crippen molar-refractivity contribution in [3.63, 3.8) is 0 Å². The highest BCUT2D eigenvalue weighted by Crippen LogP contribution is 2.27. The number of halogens is 1. The second-order valence-corrected chi connectivity index (χ2v) is 5.29. The third-order valence-corrected chi connectivity index (χ3v) is 4.05. The van der Waals surface area contributed by atoms with Crippen molar-refractivity contribution < 1.29 is 15.0 Å². The number of hydrogen-bond acceptors (Lipinski definition) is 3. The molecule has 1 amide bonds. The van der Waals surface area contributed by atoms with Crippen molar-refractivity contribution in [1.82, 2.24) is 5.32 Å². The lowest BCUT2D eigenvalue weighted by Gasteiger charge is -2.30. The van der Waals surface area contributed by atoms with Gasteiger partial charge in [0.05, 0.1) is 5.56 Å². The first-order chi connectivity index (χ1) is 9.11. The van der Waals surface area contributed by atoms with Crippen LogP contribution < -0.4 is 5.32 Å². The van der Waals surface area contributed by atoms with E-state index in [4.69, 9.17) is 11.6 Å². The molecule has 2 unspecified atom stereocenters. The number of nitrogens with one attached hydrogen (secondary N) is 1. The van der Waals surface area contributed by atoms with Crippen LogP contribution >= 0.6 is 11.6 Å². The fourth-order valence-corrected chi connectivity index (χ4v) is 2.91. The fourth-order valence-electron chi connectivity index (χ4n) is 2.54. The molecule has 1 aromatic carbocycles. The molecule has 0 heterocycles. The molecule has 2 atom stereocenters. The standard InChI is InChI=1S/C14H18ClNO3/c15-8-9-3-1-2-4-12(9)16-14(19)11-6-5-10(17)7-13(11)18/h5-7,9,12,17-18H,1-4,8H2,(H,16,19). The van der Waals surface area contributed by atoms with Gasteiger partial charge in [-0.2, -0.15) is 0 Å². The number of phenolic OH excluding ortho intramolecular Hbond substituents is 2. The summed E-state index contributed by atoms with van der Waals surface area (Å²) in [4.78, 5) is 12.1. The Balaban J connectivity index is 2.07. The predicted octanol–water partition coefficient (Wildman–Crippen LogP) is 2.63. The van der Waals surface area contributed by atoms with E-state index in [0.717, 1.165) is 31.7 Å². The van der Waals surface area contributed by atoms with Gasteiger partial charge < -0.3 is 15.5 Å². The van der Waals surface area contributed by atoms with Crippen molar-refractivity contribution in [2.75, 3.05) is 5.88 Å². The number of benzene rings is 1. The number of rotatable bonds is 3. The summed E-state index contributed by atoms with van der Waals surface area (Å²) in [7, 11) is 0. The maximum atomic E-state index is 12.1. The molecule has 1 saturated carbocycles. The number of hydrogen-bond donors (Lipinski definition) is 3. The Labute approximate surface area is 117 Å². The first-order valence-electron chi connectivity index (χ1n) is 6.50. The van der Waals surface area contributed by atoms with Crippen LogP contribution in [0.4, 0.5) is 0 Å². The number of aromatic hydroxyl groups is 2. The number of carbonyl (C=O) groups excluding carboxylic acids is 1. The fraction of sp³-hybridized carbons (Fsp3) is 0.500. The molecule has 4 nitrogen and oxygen atoms in total. The van der Waals surface area contributed by atoms with Crippen LogP contribution in [0, 0.1) is 5.92 Å². The van der Waals surface area contributed by atoms with Gasteiger partial charge in [0.1, 0.15) is 11.5 Å². The summed E-state index contributed by atoms with van der Waals surface area (Å²) in [6.07, 6.45) is 4.17. The summed E-state index contributed by atoms with van der Waals surface area (Å²) in [5.41, 5.74) is 0.177. The SMILES string of the molecule is O=C(NC1CCCCC1CCl)c1ccc(O)cc1O. The molecule has 0 bridgehead atoms. The number of amides is 1. The van der Waals surface area contributed by atoms with Gasteiger partial charge in [0, 0.05) is 18.0 Å². The molecular weight excluding hydrogens is 266 g/mol. The minimum absolute atomic E-state index is 0.0620.